The van der Waals surface area contributed by atoms with Crippen molar-refractivity contribution in [1.29, 1.82) is 0 Å². The maximum atomic E-state index is 13.8. The standard InChI is InChI=1S/C16H16FNO/c1-2-11-7-8-16-14(9-11)18-15(10-19-16)12-5-3-4-6-13(12)17/h3-9,15,18H,2,10H2,1H3. The van der Waals surface area contributed by atoms with E-state index in [1.807, 2.05) is 12.1 Å². The molecule has 3 heteroatoms. The van der Waals surface area contributed by atoms with Gasteiger partial charge in [0.15, 0.2) is 0 Å². The summed E-state index contributed by atoms with van der Waals surface area (Å²) in [7, 11) is 0. The van der Waals surface area contributed by atoms with Gasteiger partial charge < -0.3 is 10.1 Å². The SMILES string of the molecule is CCc1ccc2c(c1)NC(c1ccccc1F)CO2. The quantitative estimate of drug-likeness (QED) is 0.880. The highest BCUT2D eigenvalue weighted by molar-refractivity contribution is 5.60. The van der Waals surface area contributed by atoms with E-state index in [-0.39, 0.29) is 11.9 Å². The van der Waals surface area contributed by atoms with Crippen LogP contribution in [0.1, 0.15) is 24.1 Å². The molecule has 0 saturated heterocycles. The smallest absolute Gasteiger partial charge is 0.142 e. The number of nitrogens with one attached hydrogen (secondary N) is 1. The molecule has 1 heterocycles. The maximum Gasteiger partial charge on any atom is 0.142 e. The average Bonchev–Trinajstić information content (AvgIpc) is 2.46. The molecule has 0 aliphatic carbocycles. The van der Waals surface area contributed by atoms with Gasteiger partial charge in [-0.05, 0) is 30.2 Å². The lowest BCUT2D eigenvalue weighted by Gasteiger charge is -2.28. The van der Waals surface area contributed by atoms with Gasteiger partial charge in [-0.2, -0.15) is 0 Å². The topological polar surface area (TPSA) is 21.3 Å². The van der Waals surface area contributed by atoms with E-state index in [1.165, 1.54) is 11.6 Å². The van der Waals surface area contributed by atoms with Crippen LogP contribution in [0.4, 0.5) is 10.1 Å². The number of hydrogen-bond donors (Lipinski definition) is 1. The minimum Gasteiger partial charge on any atom is -0.489 e. The first kappa shape index (κ1) is 12.0. The average molecular weight is 257 g/mol. The summed E-state index contributed by atoms with van der Waals surface area (Å²) in [4.78, 5) is 0. The van der Waals surface area contributed by atoms with Crippen LogP contribution in [0.5, 0.6) is 5.75 Å². The zero-order valence-electron chi connectivity index (χ0n) is 10.8. The number of hydrogen-bond acceptors (Lipinski definition) is 2. The highest BCUT2D eigenvalue weighted by Gasteiger charge is 2.22. The molecule has 2 aromatic carbocycles. The number of rotatable bonds is 2. The van der Waals surface area contributed by atoms with Crippen LogP contribution in [0.15, 0.2) is 42.5 Å². The van der Waals surface area contributed by atoms with Gasteiger partial charge in [-0.1, -0.05) is 31.2 Å². The van der Waals surface area contributed by atoms with Crippen LogP contribution in [-0.4, -0.2) is 6.61 Å². The van der Waals surface area contributed by atoms with Crippen molar-refractivity contribution in [3.63, 3.8) is 0 Å². The van der Waals surface area contributed by atoms with E-state index >= 15 is 0 Å². The molecule has 0 bridgehead atoms. The molecule has 1 atom stereocenters. The molecule has 1 aliphatic heterocycles. The summed E-state index contributed by atoms with van der Waals surface area (Å²) in [6.07, 6.45) is 0.972. The van der Waals surface area contributed by atoms with Crippen LogP contribution in [0.2, 0.25) is 0 Å². The summed E-state index contributed by atoms with van der Waals surface area (Å²) in [5, 5.41) is 3.36. The molecule has 1 unspecified atom stereocenters. The molecular formula is C16H16FNO. The zero-order chi connectivity index (χ0) is 13.2. The van der Waals surface area contributed by atoms with Gasteiger partial charge in [0.2, 0.25) is 0 Å². The lowest BCUT2D eigenvalue weighted by atomic mass is 10.0. The molecule has 0 amide bonds. The Morgan fingerprint density at radius 3 is 2.89 bits per heavy atom. The van der Waals surface area contributed by atoms with E-state index in [0.29, 0.717) is 12.2 Å². The highest BCUT2D eigenvalue weighted by atomic mass is 19.1. The third-order valence-corrected chi connectivity index (χ3v) is 3.47. The van der Waals surface area contributed by atoms with Gasteiger partial charge in [-0.25, -0.2) is 4.39 Å². The van der Waals surface area contributed by atoms with Gasteiger partial charge in [0.05, 0.1) is 11.7 Å². The molecule has 19 heavy (non-hydrogen) atoms. The lowest BCUT2D eigenvalue weighted by Crippen LogP contribution is -2.24. The van der Waals surface area contributed by atoms with Gasteiger partial charge in [0.25, 0.3) is 0 Å². The minimum absolute atomic E-state index is 0.138. The largest absolute Gasteiger partial charge is 0.489 e. The zero-order valence-corrected chi connectivity index (χ0v) is 10.8. The number of anilines is 1. The van der Waals surface area contributed by atoms with Crippen LogP contribution < -0.4 is 10.1 Å². The summed E-state index contributed by atoms with van der Waals surface area (Å²) in [6.45, 7) is 2.55. The van der Waals surface area contributed by atoms with E-state index in [2.05, 4.69) is 24.4 Å². The Labute approximate surface area is 112 Å². The molecule has 0 fully saturated rings. The van der Waals surface area contributed by atoms with Crippen molar-refractivity contribution < 1.29 is 9.13 Å². The molecule has 0 spiro atoms. The maximum absolute atomic E-state index is 13.8. The van der Waals surface area contributed by atoms with Gasteiger partial charge in [-0.3, -0.25) is 0 Å². The van der Waals surface area contributed by atoms with E-state index in [1.54, 1.807) is 12.1 Å². The second-order valence-electron chi connectivity index (χ2n) is 4.71. The van der Waals surface area contributed by atoms with E-state index in [9.17, 15) is 4.39 Å². The van der Waals surface area contributed by atoms with Crippen LogP contribution in [0.25, 0.3) is 0 Å². The first-order valence-corrected chi connectivity index (χ1v) is 6.54. The predicted octanol–water partition coefficient (Wildman–Crippen LogP) is 3.93. The van der Waals surface area contributed by atoms with Crippen LogP contribution in [-0.2, 0) is 6.42 Å². The van der Waals surface area contributed by atoms with Crippen LogP contribution >= 0.6 is 0 Å². The first-order valence-electron chi connectivity index (χ1n) is 6.54. The van der Waals surface area contributed by atoms with Gasteiger partial charge in [0.1, 0.15) is 18.2 Å². The molecular weight excluding hydrogens is 241 g/mol. The van der Waals surface area contributed by atoms with Crippen molar-refractivity contribution in [3.8, 4) is 5.75 Å². The summed E-state index contributed by atoms with van der Waals surface area (Å²) in [5.74, 6) is 0.642. The first-order chi connectivity index (χ1) is 9.28. The van der Waals surface area contributed by atoms with Crippen LogP contribution in [0.3, 0.4) is 0 Å². The fourth-order valence-electron chi connectivity index (χ4n) is 2.36. The minimum atomic E-state index is -0.196. The second-order valence-corrected chi connectivity index (χ2v) is 4.71. The van der Waals surface area contributed by atoms with Crippen molar-refractivity contribution >= 4 is 5.69 Å². The summed E-state index contributed by atoms with van der Waals surface area (Å²) in [6, 6.07) is 12.8. The Morgan fingerprint density at radius 2 is 2.11 bits per heavy atom. The van der Waals surface area contributed by atoms with Crippen LogP contribution in [0, 0.1) is 5.82 Å². The molecule has 1 N–H and O–H groups in total. The Morgan fingerprint density at radius 1 is 1.26 bits per heavy atom. The molecule has 98 valence electrons. The summed E-state index contributed by atoms with van der Waals surface area (Å²) >= 11 is 0. The van der Waals surface area contributed by atoms with Crippen molar-refractivity contribution in [2.75, 3.05) is 11.9 Å². The number of ether oxygens (including phenoxy) is 1. The summed E-state index contributed by atoms with van der Waals surface area (Å²) < 4.78 is 19.5. The van der Waals surface area contributed by atoms with Crippen molar-refractivity contribution in [1.82, 2.24) is 0 Å². The van der Waals surface area contributed by atoms with E-state index in [0.717, 1.165) is 17.9 Å². The Hall–Kier alpha value is -2.03. The molecule has 0 aromatic heterocycles. The van der Waals surface area contributed by atoms with Crippen molar-refractivity contribution in [2.45, 2.75) is 19.4 Å². The predicted molar refractivity (Wildman–Crippen MR) is 74.1 cm³/mol. The number of halogens is 1. The monoisotopic (exact) mass is 257 g/mol. The molecule has 0 radical (unpaired) electrons. The number of aryl methyl sites for hydroxylation is 1. The summed E-state index contributed by atoms with van der Waals surface area (Å²) in [5.41, 5.74) is 2.83. The fourth-order valence-corrected chi connectivity index (χ4v) is 2.36. The normalized spacial score (nSPS) is 17.3. The lowest BCUT2D eigenvalue weighted by molar-refractivity contribution is 0.283. The third kappa shape index (κ3) is 2.28. The van der Waals surface area contributed by atoms with Gasteiger partial charge in [-0.15, -0.1) is 0 Å². The van der Waals surface area contributed by atoms with Gasteiger partial charge >= 0.3 is 0 Å². The Balaban J connectivity index is 1.91. The third-order valence-electron chi connectivity index (χ3n) is 3.47. The Bertz CT molecular complexity index is 597. The fraction of sp³-hybridized carbons (Fsp3) is 0.250. The van der Waals surface area contributed by atoms with E-state index in [4.69, 9.17) is 4.74 Å². The Kier molecular flexibility index (Phi) is 3.11. The van der Waals surface area contributed by atoms with Crippen molar-refractivity contribution in [3.05, 3.63) is 59.4 Å². The molecule has 2 aromatic rings. The molecule has 0 saturated carbocycles. The highest BCUT2D eigenvalue weighted by Crippen LogP contribution is 2.35. The second kappa shape index (κ2) is 4.92. The molecule has 3 rings (SSSR count). The van der Waals surface area contributed by atoms with E-state index < -0.39 is 0 Å². The van der Waals surface area contributed by atoms with Crippen molar-refractivity contribution in [2.24, 2.45) is 0 Å². The van der Waals surface area contributed by atoms with Gasteiger partial charge in [0, 0.05) is 5.56 Å². The number of benzene rings is 2. The molecule has 1 aliphatic rings. The number of fused-ring (bicyclic) bond motifs is 1. The molecule has 2 nitrogen and oxygen atoms in total.